The molecule has 186 valence electrons. The molecule has 0 heterocycles. The van der Waals surface area contributed by atoms with Crippen molar-refractivity contribution >= 4 is 29.6 Å². The molecule has 0 aliphatic heterocycles. The molecule has 0 spiro atoms. The van der Waals surface area contributed by atoms with Crippen LogP contribution in [0.25, 0.3) is 0 Å². The number of unbranched alkanes of at least 4 members (excludes halogenated alkanes) is 1. The van der Waals surface area contributed by atoms with Gasteiger partial charge in [-0.05, 0) is 36.5 Å². The fourth-order valence-electron chi connectivity index (χ4n) is 3.48. The maximum absolute atomic E-state index is 12.6. The van der Waals surface area contributed by atoms with E-state index in [2.05, 4.69) is 10.6 Å². The molecule has 0 fully saturated rings. The molecule has 0 bridgehead atoms. The average molecular weight is 483 g/mol. The Morgan fingerprint density at radius 3 is 2.20 bits per heavy atom. The molecular weight excluding hydrogens is 452 g/mol. The summed E-state index contributed by atoms with van der Waals surface area (Å²) in [4.78, 5) is 47.8. The van der Waals surface area contributed by atoms with E-state index in [-0.39, 0.29) is 18.7 Å². The van der Waals surface area contributed by atoms with Gasteiger partial charge < -0.3 is 26.6 Å². The van der Waals surface area contributed by atoms with Crippen molar-refractivity contribution in [2.75, 3.05) is 0 Å². The molecule has 0 saturated heterocycles. The van der Waals surface area contributed by atoms with Crippen LogP contribution < -0.4 is 16.4 Å². The summed E-state index contributed by atoms with van der Waals surface area (Å²) in [6.45, 7) is 0. The number of benzene rings is 2. The second kappa shape index (κ2) is 13.5. The zero-order valence-electron chi connectivity index (χ0n) is 19.2. The Hall–Kier alpha value is -4.21. The van der Waals surface area contributed by atoms with Crippen LogP contribution in [0.2, 0.25) is 0 Å². The van der Waals surface area contributed by atoms with Gasteiger partial charge in [-0.25, -0.2) is 4.79 Å². The predicted molar refractivity (Wildman–Crippen MR) is 129 cm³/mol. The molecule has 2 amide bonds. The van der Waals surface area contributed by atoms with Crippen LogP contribution in [-0.4, -0.2) is 51.9 Å². The van der Waals surface area contributed by atoms with Crippen molar-refractivity contribution in [2.24, 2.45) is 5.73 Å². The van der Waals surface area contributed by atoms with Gasteiger partial charge in [0.1, 0.15) is 17.9 Å². The number of hydrogen-bond acceptors (Lipinski definition) is 5. The summed E-state index contributed by atoms with van der Waals surface area (Å²) in [5, 5.41) is 30.9. The predicted octanol–water partition coefficient (Wildman–Crippen LogP) is 1.46. The zero-order chi connectivity index (χ0) is 25.8. The van der Waals surface area contributed by atoms with Crippen LogP contribution in [-0.2, 0) is 32.0 Å². The van der Waals surface area contributed by atoms with Crippen LogP contribution in [0.5, 0.6) is 0 Å². The van der Waals surface area contributed by atoms with Crippen LogP contribution in [0, 0.1) is 5.41 Å². The number of carboxylic acids is 2. The van der Waals surface area contributed by atoms with Crippen molar-refractivity contribution in [2.45, 2.75) is 50.6 Å². The fraction of sp³-hybridized carbons (Fsp3) is 0.320. The summed E-state index contributed by atoms with van der Waals surface area (Å²) in [6, 6.07) is 13.3. The highest BCUT2D eigenvalue weighted by molar-refractivity contribution is 5.95. The Balaban J connectivity index is 1.89. The highest BCUT2D eigenvalue weighted by atomic mass is 16.4. The van der Waals surface area contributed by atoms with Gasteiger partial charge >= 0.3 is 11.9 Å². The number of carbonyl (C=O) groups excluding carboxylic acids is 2. The van der Waals surface area contributed by atoms with Crippen molar-refractivity contribution in [1.29, 1.82) is 5.41 Å². The first-order valence-electron chi connectivity index (χ1n) is 11.2. The maximum Gasteiger partial charge on any atom is 0.326 e. The molecule has 2 aromatic rings. The van der Waals surface area contributed by atoms with Gasteiger partial charge in [0.15, 0.2) is 0 Å². The molecule has 7 N–H and O–H groups in total. The quantitative estimate of drug-likeness (QED) is 0.134. The summed E-state index contributed by atoms with van der Waals surface area (Å²) in [7, 11) is 0. The minimum atomic E-state index is -1.40. The average Bonchev–Trinajstić information content (AvgIpc) is 2.81. The van der Waals surface area contributed by atoms with Crippen molar-refractivity contribution in [3.05, 3.63) is 71.3 Å². The van der Waals surface area contributed by atoms with Crippen LogP contribution in [0.3, 0.4) is 0 Å². The van der Waals surface area contributed by atoms with Gasteiger partial charge in [0, 0.05) is 18.4 Å². The van der Waals surface area contributed by atoms with E-state index >= 15 is 0 Å². The lowest BCUT2D eigenvalue weighted by atomic mass is 10.0. The number of amidine groups is 1. The second-order valence-corrected chi connectivity index (χ2v) is 8.13. The van der Waals surface area contributed by atoms with E-state index in [4.69, 9.17) is 16.2 Å². The molecule has 0 aromatic heterocycles. The number of rotatable bonds is 14. The van der Waals surface area contributed by atoms with Gasteiger partial charge in [-0.15, -0.1) is 0 Å². The minimum Gasteiger partial charge on any atom is -0.481 e. The Bertz CT molecular complexity index is 1060. The van der Waals surface area contributed by atoms with E-state index in [1.54, 1.807) is 42.5 Å². The van der Waals surface area contributed by atoms with Crippen molar-refractivity contribution in [1.82, 2.24) is 10.6 Å². The van der Waals surface area contributed by atoms with Crippen LogP contribution in [0.15, 0.2) is 54.6 Å². The van der Waals surface area contributed by atoms with Crippen LogP contribution in [0.4, 0.5) is 0 Å². The Labute approximate surface area is 203 Å². The number of carbonyl (C=O) groups is 4. The summed E-state index contributed by atoms with van der Waals surface area (Å²) < 4.78 is 0. The fourth-order valence-corrected chi connectivity index (χ4v) is 3.48. The first-order valence-corrected chi connectivity index (χ1v) is 11.2. The molecule has 0 unspecified atom stereocenters. The molecule has 0 saturated carbocycles. The molecule has 10 heteroatoms. The van der Waals surface area contributed by atoms with Gasteiger partial charge in [0.2, 0.25) is 11.8 Å². The lowest BCUT2D eigenvalue weighted by Gasteiger charge is -2.20. The first-order chi connectivity index (χ1) is 16.7. The van der Waals surface area contributed by atoms with Crippen LogP contribution in [0.1, 0.15) is 42.4 Å². The molecular formula is C25H30N4O6. The molecule has 0 aliphatic carbocycles. The minimum absolute atomic E-state index is 0.0144. The summed E-state index contributed by atoms with van der Waals surface area (Å²) in [5.74, 6) is -3.96. The van der Waals surface area contributed by atoms with Crippen molar-refractivity contribution in [3.63, 3.8) is 0 Å². The lowest BCUT2D eigenvalue weighted by molar-refractivity contribution is -0.143. The third-order valence-corrected chi connectivity index (χ3v) is 5.28. The highest BCUT2D eigenvalue weighted by Crippen LogP contribution is 2.10. The van der Waals surface area contributed by atoms with E-state index in [1.807, 2.05) is 12.1 Å². The SMILES string of the molecule is N=C(N)c1cccc(CCCCC(=O)N[C@@H](CC(=O)O)C(=O)N[C@@H](Cc2ccccc2)C(=O)O)c1. The van der Waals surface area contributed by atoms with E-state index < -0.39 is 42.3 Å². The van der Waals surface area contributed by atoms with Gasteiger partial charge in [-0.3, -0.25) is 19.8 Å². The van der Waals surface area contributed by atoms with Gasteiger partial charge in [0.05, 0.1) is 6.42 Å². The zero-order valence-corrected chi connectivity index (χ0v) is 19.2. The van der Waals surface area contributed by atoms with E-state index in [0.29, 0.717) is 30.4 Å². The van der Waals surface area contributed by atoms with Gasteiger partial charge in [-0.2, -0.15) is 0 Å². The normalized spacial score (nSPS) is 12.2. The van der Waals surface area contributed by atoms with Crippen molar-refractivity contribution < 1.29 is 29.4 Å². The van der Waals surface area contributed by atoms with E-state index in [1.165, 1.54) is 0 Å². The molecule has 0 aliphatic rings. The molecule has 2 aromatic carbocycles. The van der Waals surface area contributed by atoms with Gasteiger partial charge in [-0.1, -0.05) is 48.5 Å². The Kier molecular flexibility index (Phi) is 10.4. The molecule has 35 heavy (non-hydrogen) atoms. The number of aliphatic carboxylic acids is 2. The van der Waals surface area contributed by atoms with Gasteiger partial charge in [0.25, 0.3) is 0 Å². The Morgan fingerprint density at radius 2 is 1.57 bits per heavy atom. The van der Waals surface area contributed by atoms with Crippen LogP contribution >= 0.6 is 0 Å². The first kappa shape index (κ1) is 27.0. The van der Waals surface area contributed by atoms with E-state index in [9.17, 15) is 24.3 Å². The number of hydrogen-bond donors (Lipinski definition) is 6. The third-order valence-electron chi connectivity index (χ3n) is 5.28. The number of nitrogens with one attached hydrogen (secondary N) is 3. The molecule has 2 atom stereocenters. The monoisotopic (exact) mass is 482 g/mol. The number of nitrogen functional groups attached to an aromatic ring is 1. The third kappa shape index (κ3) is 9.66. The Morgan fingerprint density at radius 1 is 0.886 bits per heavy atom. The number of amides is 2. The number of aryl methyl sites for hydroxylation is 1. The maximum atomic E-state index is 12.6. The summed E-state index contributed by atoms with van der Waals surface area (Å²) >= 11 is 0. The van der Waals surface area contributed by atoms with E-state index in [0.717, 1.165) is 5.56 Å². The number of nitrogens with two attached hydrogens (primary N) is 1. The highest BCUT2D eigenvalue weighted by Gasteiger charge is 2.28. The largest absolute Gasteiger partial charge is 0.481 e. The number of carboxylic acid groups (broad SMARTS) is 2. The molecule has 2 rings (SSSR count). The lowest BCUT2D eigenvalue weighted by Crippen LogP contribution is -2.52. The topological polar surface area (TPSA) is 183 Å². The smallest absolute Gasteiger partial charge is 0.326 e. The molecule has 10 nitrogen and oxygen atoms in total. The molecule has 0 radical (unpaired) electrons. The standard InChI is InChI=1S/C25H30N4O6/c26-23(27)18-11-6-10-16(13-18)9-4-5-12-21(30)28-19(15-22(31)32)24(33)29-20(25(34)35)14-17-7-2-1-3-8-17/h1-3,6-8,10-11,13,19-20H,4-5,9,12,14-15H2,(H3,26,27)(H,28,30)(H,29,33)(H,31,32)(H,34,35)/t19-,20-/m0/s1. The summed E-state index contributed by atoms with van der Waals surface area (Å²) in [6.07, 6.45) is 1.22. The van der Waals surface area contributed by atoms with Crippen molar-refractivity contribution in [3.8, 4) is 0 Å². The second-order valence-electron chi connectivity index (χ2n) is 8.13. The summed E-state index contributed by atoms with van der Waals surface area (Å²) in [5.41, 5.74) is 7.77.